The molecule has 0 saturated heterocycles. The number of imidazole rings is 1. The van der Waals surface area contributed by atoms with Gasteiger partial charge in [-0.3, -0.25) is 14.5 Å². The first kappa shape index (κ1) is 25.2. The summed E-state index contributed by atoms with van der Waals surface area (Å²) in [4.78, 5) is 44.0. The number of methoxy groups -OCH3 is 2. The first-order chi connectivity index (χ1) is 17.5. The monoisotopic (exact) mass is 493 g/mol. The maximum atomic E-state index is 13.2. The fourth-order valence-electron chi connectivity index (χ4n) is 4.45. The molecule has 10 heteroatoms. The summed E-state index contributed by atoms with van der Waals surface area (Å²) in [5.74, 6) is -0.314. The van der Waals surface area contributed by atoms with Crippen molar-refractivity contribution in [2.24, 2.45) is 0 Å². The van der Waals surface area contributed by atoms with Crippen molar-refractivity contribution < 1.29 is 19.1 Å². The summed E-state index contributed by atoms with van der Waals surface area (Å²) >= 11 is 0. The Morgan fingerprint density at radius 3 is 2.61 bits per heavy atom. The summed E-state index contributed by atoms with van der Waals surface area (Å²) in [7, 11) is 2.83. The Balaban J connectivity index is 1.45. The van der Waals surface area contributed by atoms with Gasteiger partial charge in [0.25, 0.3) is 11.5 Å². The minimum absolute atomic E-state index is 0.178. The minimum Gasteiger partial charge on any atom is -0.496 e. The van der Waals surface area contributed by atoms with Crippen molar-refractivity contribution in [1.29, 1.82) is 0 Å². The van der Waals surface area contributed by atoms with Gasteiger partial charge in [0, 0.05) is 69.8 Å². The number of aromatic nitrogens is 3. The molecule has 0 saturated carbocycles. The third kappa shape index (κ3) is 5.83. The lowest BCUT2D eigenvalue weighted by Crippen LogP contribution is -2.32. The topological polar surface area (TPSA) is 108 Å². The van der Waals surface area contributed by atoms with Crippen LogP contribution in [0.3, 0.4) is 0 Å². The molecule has 190 valence electrons. The number of aryl methyl sites for hydroxylation is 1. The molecule has 0 bridgehead atoms. The van der Waals surface area contributed by atoms with Crippen LogP contribution in [0.1, 0.15) is 38.4 Å². The van der Waals surface area contributed by atoms with E-state index in [1.807, 2.05) is 22.9 Å². The highest BCUT2D eigenvalue weighted by Gasteiger charge is 2.25. The van der Waals surface area contributed by atoms with Crippen molar-refractivity contribution in [1.82, 2.24) is 24.3 Å². The Morgan fingerprint density at radius 1 is 1.11 bits per heavy atom. The highest BCUT2D eigenvalue weighted by molar-refractivity contribution is 5.98. The van der Waals surface area contributed by atoms with Crippen molar-refractivity contribution in [3.63, 3.8) is 0 Å². The van der Waals surface area contributed by atoms with E-state index >= 15 is 0 Å². The number of ether oxygens (including phenoxy) is 2. The Labute approximate surface area is 209 Å². The molecule has 1 aromatic carbocycles. The van der Waals surface area contributed by atoms with Crippen LogP contribution in [-0.4, -0.2) is 64.7 Å². The Morgan fingerprint density at radius 2 is 1.92 bits per heavy atom. The lowest BCUT2D eigenvalue weighted by atomic mass is 10.1. The van der Waals surface area contributed by atoms with Crippen molar-refractivity contribution in [2.75, 3.05) is 33.9 Å². The molecule has 0 radical (unpaired) electrons. The number of nitrogens with one attached hydrogen (secondary N) is 1. The first-order valence-corrected chi connectivity index (χ1v) is 11.9. The van der Waals surface area contributed by atoms with Crippen molar-refractivity contribution in [2.45, 2.75) is 32.5 Å². The van der Waals surface area contributed by atoms with E-state index in [2.05, 4.69) is 15.2 Å². The number of hydrogen-bond acceptors (Lipinski definition) is 7. The Hall–Kier alpha value is -3.92. The molecule has 1 aliphatic heterocycles. The number of nitrogens with zero attached hydrogens (tertiary/aromatic N) is 4. The molecular weight excluding hydrogens is 462 g/mol. The molecule has 2 aromatic heterocycles. The summed E-state index contributed by atoms with van der Waals surface area (Å²) in [6.07, 6.45) is 6.63. The van der Waals surface area contributed by atoms with Gasteiger partial charge in [0.05, 0.1) is 26.1 Å². The van der Waals surface area contributed by atoms with Gasteiger partial charge in [-0.05, 0) is 24.1 Å². The summed E-state index contributed by atoms with van der Waals surface area (Å²) in [6.45, 7) is 3.71. The molecule has 0 atom stereocenters. The molecule has 0 fully saturated rings. The summed E-state index contributed by atoms with van der Waals surface area (Å²) in [5.41, 5.74) is 2.49. The highest BCUT2D eigenvalue weighted by atomic mass is 16.5. The SMILES string of the molecule is COC(=O)c1ccc(CN2CCc3c(C(=O)NCCCn4ccnc4)c(OC)cc(=O)n3CC2)cc1. The van der Waals surface area contributed by atoms with Crippen LogP contribution in [0.2, 0.25) is 0 Å². The lowest BCUT2D eigenvalue weighted by molar-refractivity contribution is 0.0600. The minimum atomic E-state index is -0.368. The van der Waals surface area contributed by atoms with Crippen molar-refractivity contribution >= 4 is 11.9 Å². The number of fused-ring (bicyclic) bond motifs is 1. The second kappa shape index (κ2) is 11.7. The van der Waals surface area contributed by atoms with Gasteiger partial charge in [0.2, 0.25) is 0 Å². The molecule has 0 unspecified atom stereocenters. The van der Waals surface area contributed by atoms with Crippen LogP contribution in [0.25, 0.3) is 0 Å². The zero-order valence-corrected chi connectivity index (χ0v) is 20.6. The van der Waals surface area contributed by atoms with Crippen LogP contribution in [0, 0.1) is 0 Å². The maximum absolute atomic E-state index is 13.2. The fraction of sp³-hybridized carbons (Fsp3) is 0.385. The number of carbonyl (C=O) groups excluding carboxylic acids is 2. The van der Waals surface area contributed by atoms with Gasteiger partial charge in [-0.15, -0.1) is 0 Å². The number of pyridine rings is 1. The number of esters is 1. The third-order valence-electron chi connectivity index (χ3n) is 6.35. The lowest BCUT2D eigenvalue weighted by Gasteiger charge is -2.19. The number of amides is 1. The van der Waals surface area contributed by atoms with Crippen molar-refractivity contribution in [3.8, 4) is 5.75 Å². The van der Waals surface area contributed by atoms with E-state index in [1.54, 1.807) is 29.2 Å². The van der Waals surface area contributed by atoms with Crippen LogP contribution in [0.15, 0.2) is 53.8 Å². The van der Waals surface area contributed by atoms with E-state index in [0.29, 0.717) is 61.7 Å². The normalized spacial score (nSPS) is 13.5. The van der Waals surface area contributed by atoms with E-state index in [-0.39, 0.29) is 17.4 Å². The van der Waals surface area contributed by atoms with E-state index in [0.717, 1.165) is 18.5 Å². The Bertz CT molecular complexity index is 1250. The molecule has 0 aliphatic carbocycles. The second-order valence-corrected chi connectivity index (χ2v) is 8.65. The maximum Gasteiger partial charge on any atom is 0.337 e. The largest absolute Gasteiger partial charge is 0.496 e. The predicted octanol–water partition coefficient (Wildman–Crippen LogP) is 1.72. The van der Waals surface area contributed by atoms with E-state index in [1.165, 1.54) is 20.3 Å². The zero-order valence-electron chi connectivity index (χ0n) is 20.6. The molecule has 3 aromatic rings. The molecule has 4 rings (SSSR count). The van der Waals surface area contributed by atoms with Crippen LogP contribution in [-0.2, 0) is 30.8 Å². The number of carbonyl (C=O) groups is 2. The highest BCUT2D eigenvalue weighted by Crippen LogP contribution is 2.23. The van der Waals surface area contributed by atoms with Crippen LogP contribution >= 0.6 is 0 Å². The van der Waals surface area contributed by atoms with Gasteiger partial charge in [0.1, 0.15) is 11.3 Å². The number of hydrogen-bond donors (Lipinski definition) is 1. The third-order valence-corrected chi connectivity index (χ3v) is 6.35. The average molecular weight is 494 g/mol. The molecular formula is C26H31N5O5. The standard InChI is InChI=1S/C26H31N5O5/c1-35-22-16-23(32)31-15-14-29(17-19-4-6-20(7-5-19)26(34)36-2)12-8-21(31)24(22)25(33)28-9-3-11-30-13-10-27-18-30/h4-7,10,13,16,18H,3,8-9,11-12,14-15,17H2,1-2H3,(H,28,33). The smallest absolute Gasteiger partial charge is 0.337 e. The number of rotatable bonds is 9. The molecule has 1 amide bonds. The Kier molecular flexibility index (Phi) is 8.17. The molecule has 36 heavy (non-hydrogen) atoms. The quantitative estimate of drug-likeness (QED) is 0.357. The molecule has 0 spiro atoms. The van der Waals surface area contributed by atoms with Gasteiger partial charge in [-0.2, -0.15) is 0 Å². The molecule has 1 N–H and O–H groups in total. The van der Waals surface area contributed by atoms with E-state index < -0.39 is 0 Å². The van der Waals surface area contributed by atoms with Gasteiger partial charge in [0.15, 0.2) is 0 Å². The van der Waals surface area contributed by atoms with Crippen LogP contribution in [0.5, 0.6) is 5.75 Å². The summed E-state index contributed by atoms with van der Waals surface area (Å²) in [6, 6.07) is 8.70. The average Bonchev–Trinajstić information content (AvgIpc) is 3.33. The van der Waals surface area contributed by atoms with Gasteiger partial charge in [-0.1, -0.05) is 12.1 Å². The van der Waals surface area contributed by atoms with E-state index in [4.69, 9.17) is 9.47 Å². The summed E-state index contributed by atoms with van der Waals surface area (Å²) < 4.78 is 13.8. The van der Waals surface area contributed by atoms with Crippen LogP contribution in [0.4, 0.5) is 0 Å². The predicted molar refractivity (Wildman–Crippen MR) is 133 cm³/mol. The first-order valence-electron chi connectivity index (χ1n) is 11.9. The molecule has 1 aliphatic rings. The van der Waals surface area contributed by atoms with Gasteiger partial charge < -0.3 is 23.9 Å². The molecule has 10 nitrogen and oxygen atoms in total. The molecule has 3 heterocycles. The van der Waals surface area contributed by atoms with Gasteiger partial charge in [-0.25, -0.2) is 9.78 Å². The van der Waals surface area contributed by atoms with Gasteiger partial charge >= 0.3 is 5.97 Å². The second-order valence-electron chi connectivity index (χ2n) is 8.65. The van der Waals surface area contributed by atoms with Crippen molar-refractivity contribution in [3.05, 3.63) is 81.8 Å². The summed E-state index contributed by atoms with van der Waals surface area (Å²) in [5, 5.41) is 2.98. The number of benzene rings is 1. The van der Waals surface area contributed by atoms with Crippen LogP contribution < -0.4 is 15.6 Å². The zero-order chi connectivity index (χ0) is 25.5. The van der Waals surface area contributed by atoms with E-state index in [9.17, 15) is 14.4 Å². The fourth-order valence-corrected chi connectivity index (χ4v) is 4.45.